The highest BCUT2D eigenvalue weighted by molar-refractivity contribution is 5.81. The van der Waals surface area contributed by atoms with E-state index in [0.717, 1.165) is 5.39 Å². The van der Waals surface area contributed by atoms with E-state index in [1.807, 2.05) is 0 Å². The molecule has 20 heavy (non-hydrogen) atoms. The van der Waals surface area contributed by atoms with Crippen LogP contribution in [0.1, 0.15) is 16.3 Å². The Morgan fingerprint density at radius 2 is 2.20 bits per heavy atom. The van der Waals surface area contributed by atoms with Crippen LogP contribution in [0.15, 0.2) is 40.9 Å². The van der Waals surface area contributed by atoms with Gasteiger partial charge in [-0.25, -0.2) is 0 Å². The zero-order valence-electron chi connectivity index (χ0n) is 10.2. The maximum Gasteiger partial charge on any atom is 0.271 e. The van der Waals surface area contributed by atoms with Crippen LogP contribution in [0.25, 0.3) is 10.9 Å². The number of nitrogens with zero attached hydrogens (tertiary/aromatic N) is 3. The molecule has 3 aromatic rings. The van der Waals surface area contributed by atoms with Gasteiger partial charge in [-0.2, -0.15) is 5.10 Å². The average molecular weight is 271 g/mol. The predicted octanol–water partition coefficient (Wildman–Crippen LogP) is 2.40. The van der Waals surface area contributed by atoms with E-state index >= 15 is 0 Å². The molecule has 0 bridgehead atoms. The van der Waals surface area contributed by atoms with Gasteiger partial charge in [0.25, 0.3) is 5.69 Å². The SMILES string of the molecule is O=Cc1ccc(Cn2ncc3ccc([N+](=O)[O-])cc32)o1. The Kier molecular flexibility index (Phi) is 2.79. The van der Waals surface area contributed by atoms with Crippen LogP contribution in [0, 0.1) is 10.1 Å². The Balaban J connectivity index is 2.00. The van der Waals surface area contributed by atoms with Gasteiger partial charge in [0.05, 0.1) is 23.2 Å². The summed E-state index contributed by atoms with van der Waals surface area (Å²) in [5, 5.41) is 15.8. The van der Waals surface area contributed by atoms with Crippen molar-refractivity contribution in [3.05, 3.63) is 58.2 Å². The summed E-state index contributed by atoms with van der Waals surface area (Å²) >= 11 is 0. The van der Waals surface area contributed by atoms with Gasteiger partial charge in [-0.1, -0.05) is 0 Å². The monoisotopic (exact) mass is 271 g/mol. The fourth-order valence-electron chi connectivity index (χ4n) is 1.99. The van der Waals surface area contributed by atoms with Gasteiger partial charge in [-0.3, -0.25) is 19.6 Å². The molecule has 0 saturated heterocycles. The Morgan fingerprint density at radius 1 is 1.35 bits per heavy atom. The Hall–Kier alpha value is -2.96. The molecule has 0 amide bonds. The number of benzene rings is 1. The molecular formula is C13H9N3O4. The van der Waals surface area contributed by atoms with Crippen molar-refractivity contribution in [1.29, 1.82) is 0 Å². The van der Waals surface area contributed by atoms with E-state index in [2.05, 4.69) is 5.10 Å². The van der Waals surface area contributed by atoms with Gasteiger partial charge in [0.1, 0.15) is 5.76 Å². The third-order valence-electron chi connectivity index (χ3n) is 2.94. The third kappa shape index (κ3) is 2.05. The van der Waals surface area contributed by atoms with Gasteiger partial charge in [-0.15, -0.1) is 0 Å². The van der Waals surface area contributed by atoms with Crippen molar-refractivity contribution in [3.8, 4) is 0 Å². The molecule has 0 fully saturated rings. The standard InChI is InChI=1S/C13H9N3O4/c17-8-12-4-3-11(20-12)7-15-13-5-10(16(18)19)2-1-9(13)6-14-15/h1-6,8H,7H2. The molecule has 100 valence electrons. The maximum absolute atomic E-state index is 10.8. The minimum atomic E-state index is -0.450. The van der Waals surface area contributed by atoms with Crippen LogP contribution in [-0.4, -0.2) is 21.0 Å². The first-order valence-corrected chi connectivity index (χ1v) is 5.81. The molecule has 0 aliphatic rings. The van der Waals surface area contributed by atoms with Crippen LogP contribution in [0.5, 0.6) is 0 Å². The summed E-state index contributed by atoms with van der Waals surface area (Å²) in [6, 6.07) is 7.79. The lowest BCUT2D eigenvalue weighted by Crippen LogP contribution is -2.00. The molecule has 7 nitrogen and oxygen atoms in total. The second kappa shape index (κ2) is 4.61. The van der Waals surface area contributed by atoms with Crippen LogP contribution in [0.2, 0.25) is 0 Å². The Labute approximate surface area is 112 Å². The predicted molar refractivity (Wildman–Crippen MR) is 69.6 cm³/mol. The first kappa shape index (κ1) is 12.1. The van der Waals surface area contributed by atoms with Crippen molar-refractivity contribution in [2.75, 3.05) is 0 Å². The second-order valence-electron chi connectivity index (χ2n) is 4.22. The number of aromatic nitrogens is 2. The molecule has 0 spiro atoms. The summed E-state index contributed by atoms with van der Waals surface area (Å²) < 4.78 is 6.86. The van der Waals surface area contributed by atoms with Crippen molar-refractivity contribution in [2.24, 2.45) is 0 Å². The number of hydrogen-bond acceptors (Lipinski definition) is 5. The van der Waals surface area contributed by atoms with Crippen molar-refractivity contribution < 1.29 is 14.1 Å². The molecule has 3 rings (SSSR count). The van der Waals surface area contributed by atoms with Crippen LogP contribution < -0.4 is 0 Å². The number of aldehydes is 1. The minimum absolute atomic E-state index is 0.00674. The average Bonchev–Trinajstić information content (AvgIpc) is 3.06. The second-order valence-corrected chi connectivity index (χ2v) is 4.22. The van der Waals surface area contributed by atoms with Gasteiger partial charge in [0, 0.05) is 17.5 Å². The van der Waals surface area contributed by atoms with Crippen LogP contribution in [0.4, 0.5) is 5.69 Å². The lowest BCUT2D eigenvalue weighted by molar-refractivity contribution is -0.384. The smallest absolute Gasteiger partial charge is 0.271 e. The summed E-state index contributed by atoms with van der Waals surface area (Å²) in [6.07, 6.45) is 2.25. The van der Waals surface area contributed by atoms with Gasteiger partial charge in [0.2, 0.25) is 0 Å². The molecule has 0 saturated carbocycles. The number of hydrogen-bond donors (Lipinski definition) is 0. The van der Waals surface area contributed by atoms with Crippen LogP contribution in [-0.2, 0) is 6.54 Å². The maximum atomic E-state index is 10.8. The first-order valence-electron chi connectivity index (χ1n) is 5.81. The topological polar surface area (TPSA) is 91.2 Å². The van der Waals surface area contributed by atoms with E-state index in [1.54, 1.807) is 29.1 Å². The molecule has 7 heteroatoms. The highest BCUT2D eigenvalue weighted by Gasteiger charge is 2.11. The molecule has 2 aromatic heterocycles. The summed E-state index contributed by atoms with van der Waals surface area (Å²) in [4.78, 5) is 20.9. The fourth-order valence-corrected chi connectivity index (χ4v) is 1.99. The van der Waals surface area contributed by atoms with Crippen LogP contribution in [0.3, 0.4) is 0 Å². The number of furan rings is 1. The number of fused-ring (bicyclic) bond motifs is 1. The van der Waals surface area contributed by atoms with Crippen molar-refractivity contribution in [2.45, 2.75) is 6.54 Å². The van der Waals surface area contributed by atoms with Crippen molar-refractivity contribution in [1.82, 2.24) is 9.78 Å². The number of nitro benzene ring substituents is 1. The molecule has 1 aromatic carbocycles. The van der Waals surface area contributed by atoms with E-state index in [9.17, 15) is 14.9 Å². The minimum Gasteiger partial charge on any atom is -0.456 e. The van der Waals surface area contributed by atoms with Crippen molar-refractivity contribution in [3.63, 3.8) is 0 Å². The van der Waals surface area contributed by atoms with Gasteiger partial charge >= 0.3 is 0 Å². The largest absolute Gasteiger partial charge is 0.456 e. The highest BCUT2D eigenvalue weighted by Crippen LogP contribution is 2.21. The molecule has 0 N–H and O–H groups in total. The van der Waals surface area contributed by atoms with E-state index in [4.69, 9.17) is 4.42 Å². The lowest BCUT2D eigenvalue weighted by Gasteiger charge is -2.00. The normalized spacial score (nSPS) is 10.8. The van der Waals surface area contributed by atoms with Gasteiger partial charge in [-0.05, 0) is 18.2 Å². The third-order valence-corrected chi connectivity index (χ3v) is 2.94. The zero-order valence-corrected chi connectivity index (χ0v) is 10.2. The summed E-state index contributed by atoms with van der Waals surface area (Å²) in [5.74, 6) is 0.797. The Morgan fingerprint density at radius 3 is 2.90 bits per heavy atom. The van der Waals surface area contributed by atoms with E-state index in [0.29, 0.717) is 24.1 Å². The van der Waals surface area contributed by atoms with Gasteiger partial charge in [0.15, 0.2) is 12.0 Å². The van der Waals surface area contributed by atoms with Crippen LogP contribution >= 0.6 is 0 Å². The Bertz CT molecular complexity index is 803. The summed E-state index contributed by atoms with van der Waals surface area (Å²) in [5.41, 5.74) is 0.649. The van der Waals surface area contributed by atoms with E-state index < -0.39 is 4.92 Å². The highest BCUT2D eigenvalue weighted by atomic mass is 16.6. The molecule has 0 radical (unpaired) electrons. The molecule has 2 heterocycles. The van der Waals surface area contributed by atoms with E-state index in [-0.39, 0.29) is 11.4 Å². The summed E-state index contributed by atoms with van der Waals surface area (Å²) in [6.45, 7) is 0.304. The van der Waals surface area contributed by atoms with E-state index in [1.165, 1.54) is 12.1 Å². The molecule has 0 unspecified atom stereocenters. The quantitative estimate of drug-likeness (QED) is 0.412. The molecular weight excluding hydrogens is 262 g/mol. The summed E-state index contributed by atoms with van der Waals surface area (Å²) in [7, 11) is 0. The zero-order chi connectivity index (χ0) is 14.1. The first-order chi connectivity index (χ1) is 9.67. The number of carbonyl (C=O) groups excluding carboxylic acids is 1. The molecule has 0 atom stereocenters. The number of nitro groups is 1. The number of rotatable bonds is 4. The number of non-ortho nitro benzene ring substituents is 1. The number of carbonyl (C=O) groups is 1. The fraction of sp³-hybridized carbons (Fsp3) is 0.0769. The molecule has 0 aliphatic carbocycles. The van der Waals surface area contributed by atoms with Gasteiger partial charge < -0.3 is 4.42 Å². The lowest BCUT2D eigenvalue weighted by atomic mass is 10.2. The van der Waals surface area contributed by atoms with Crippen molar-refractivity contribution >= 4 is 22.9 Å². The molecule has 0 aliphatic heterocycles.